The van der Waals surface area contributed by atoms with Crippen LogP contribution in [0.4, 0.5) is 4.39 Å². The van der Waals surface area contributed by atoms with E-state index in [0.717, 1.165) is 17.1 Å². The van der Waals surface area contributed by atoms with Gasteiger partial charge in [-0.2, -0.15) is 0 Å². The molecule has 0 saturated carbocycles. The van der Waals surface area contributed by atoms with Crippen LogP contribution in [0.2, 0.25) is 0 Å². The number of para-hydroxylation sites is 1. The molecular formula is C20H19FN4O5. The number of benzene rings is 1. The van der Waals surface area contributed by atoms with E-state index in [-0.39, 0.29) is 11.7 Å². The van der Waals surface area contributed by atoms with E-state index in [4.69, 9.17) is 10.2 Å². The summed E-state index contributed by atoms with van der Waals surface area (Å²) in [5, 5.41) is 16.3. The maximum atomic E-state index is 13.9. The number of imidazole rings is 1. The molecule has 0 aliphatic carbocycles. The number of halogens is 1. The van der Waals surface area contributed by atoms with Gasteiger partial charge in [0.05, 0.1) is 29.6 Å². The van der Waals surface area contributed by atoms with Gasteiger partial charge in [0.25, 0.3) is 5.91 Å². The fraction of sp³-hybridized carbons (Fsp3) is 0.200. The lowest BCUT2D eigenvalue weighted by atomic mass is 10.0. The number of hydrogen-bond acceptors (Lipinski definition) is 4. The first kappa shape index (κ1) is 20.8. The highest BCUT2D eigenvalue weighted by Crippen LogP contribution is 2.29. The lowest BCUT2D eigenvalue weighted by Crippen LogP contribution is -2.37. The molecule has 1 aliphatic rings. The second-order valence-electron chi connectivity index (χ2n) is 6.60. The highest BCUT2D eigenvalue weighted by molar-refractivity contribution is 6.09. The Balaban J connectivity index is 0.000000275. The second kappa shape index (κ2) is 8.60. The van der Waals surface area contributed by atoms with Crippen LogP contribution in [0.5, 0.6) is 0 Å². The number of carbonyl (C=O) groups excluding carboxylic acids is 1. The van der Waals surface area contributed by atoms with E-state index in [9.17, 15) is 18.8 Å². The van der Waals surface area contributed by atoms with Crippen molar-refractivity contribution in [3.05, 3.63) is 65.1 Å². The molecule has 1 aliphatic heterocycles. The van der Waals surface area contributed by atoms with E-state index in [1.165, 1.54) is 6.07 Å². The second-order valence-corrected chi connectivity index (χ2v) is 6.60. The highest BCUT2D eigenvalue weighted by atomic mass is 19.1. The number of aliphatic carboxylic acids is 2. The Kier molecular flexibility index (Phi) is 5.95. The molecule has 0 atom stereocenters. The van der Waals surface area contributed by atoms with Gasteiger partial charge in [0.15, 0.2) is 0 Å². The number of aromatic amines is 2. The first-order valence-electron chi connectivity index (χ1n) is 8.99. The zero-order chi connectivity index (χ0) is 21.8. The van der Waals surface area contributed by atoms with Gasteiger partial charge in [0, 0.05) is 41.9 Å². The quantitative estimate of drug-likeness (QED) is 0.483. The summed E-state index contributed by atoms with van der Waals surface area (Å²) in [6.07, 6.45) is 3.44. The number of nitrogens with zero attached hydrogens (tertiary/aromatic N) is 2. The smallest absolute Gasteiger partial charge is 0.328 e. The normalized spacial score (nSPS) is 13.3. The van der Waals surface area contributed by atoms with Crippen molar-refractivity contribution in [3.63, 3.8) is 0 Å². The van der Waals surface area contributed by atoms with Gasteiger partial charge in [-0.1, -0.05) is 12.1 Å². The number of fused-ring (bicyclic) bond motifs is 3. The van der Waals surface area contributed by atoms with Crippen LogP contribution in [-0.2, 0) is 22.6 Å². The summed E-state index contributed by atoms with van der Waals surface area (Å²) >= 11 is 0. The molecule has 1 amide bonds. The number of amides is 1. The predicted molar refractivity (Wildman–Crippen MR) is 104 cm³/mol. The van der Waals surface area contributed by atoms with Crippen molar-refractivity contribution in [1.82, 2.24) is 19.9 Å². The van der Waals surface area contributed by atoms with Crippen molar-refractivity contribution in [2.75, 3.05) is 6.54 Å². The fourth-order valence-corrected chi connectivity index (χ4v) is 3.19. The molecule has 4 rings (SSSR count). The Bertz CT molecular complexity index is 1130. The first-order valence-corrected chi connectivity index (χ1v) is 8.99. The van der Waals surface area contributed by atoms with E-state index < -0.39 is 11.9 Å². The number of H-pyrrole nitrogens is 2. The zero-order valence-corrected chi connectivity index (χ0v) is 16.0. The van der Waals surface area contributed by atoms with Gasteiger partial charge in [-0.25, -0.2) is 19.0 Å². The minimum atomic E-state index is -1.26. The molecule has 30 heavy (non-hydrogen) atoms. The molecule has 4 N–H and O–H groups in total. The Morgan fingerprint density at radius 1 is 1.27 bits per heavy atom. The van der Waals surface area contributed by atoms with E-state index >= 15 is 0 Å². The largest absolute Gasteiger partial charge is 0.478 e. The van der Waals surface area contributed by atoms with Crippen molar-refractivity contribution in [2.45, 2.75) is 19.9 Å². The van der Waals surface area contributed by atoms with Crippen LogP contribution in [-0.4, -0.2) is 54.5 Å². The molecule has 0 saturated heterocycles. The van der Waals surface area contributed by atoms with Gasteiger partial charge in [0.2, 0.25) is 0 Å². The van der Waals surface area contributed by atoms with Gasteiger partial charge in [0.1, 0.15) is 5.82 Å². The maximum Gasteiger partial charge on any atom is 0.328 e. The molecule has 3 heterocycles. The molecule has 0 spiro atoms. The van der Waals surface area contributed by atoms with Crippen molar-refractivity contribution in [1.29, 1.82) is 0 Å². The Morgan fingerprint density at radius 2 is 1.97 bits per heavy atom. The molecule has 3 aromatic rings. The zero-order valence-electron chi connectivity index (χ0n) is 16.0. The number of aromatic nitrogens is 3. The third-order valence-corrected chi connectivity index (χ3v) is 4.64. The summed E-state index contributed by atoms with van der Waals surface area (Å²) < 4.78 is 13.9. The van der Waals surface area contributed by atoms with Gasteiger partial charge in [-0.15, -0.1) is 0 Å². The Hall–Kier alpha value is -3.95. The molecular weight excluding hydrogens is 395 g/mol. The lowest BCUT2D eigenvalue weighted by molar-refractivity contribution is -0.134. The number of nitrogens with one attached hydrogen (secondary N) is 2. The monoisotopic (exact) mass is 414 g/mol. The SMILES string of the molecule is Cc1[nH]cnc1CN1CCc2[nH]c3c(F)cccc3c2C1=O.O=C(O)/C=C\C(=O)O. The van der Waals surface area contributed by atoms with Crippen LogP contribution in [0, 0.1) is 12.7 Å². The molecule has 0 radical (unpaired) electrons. The average Bonchev–Trinajstić information content (AvgIpc) is 3.27. The summed E-state index contributed by atoms with van der Waals surface area (Å²) in [7, 11) is 0. The van der Waals surface area contributed by atoms with Crippen LogP contribution in [0.1, 0.15) is 27.4 Å². The first-order chi connectivity index (χ1) is 14.3. The van der Waals surface area contributed by atoms with E-state index in [1.807, 2.05) is 6.92 Å². The van der Waals surface area contributed by atoms with Crippen LogP contribution >= 0.6 is 0 Å². The van der Waals surface area contributed by atoms with E-state index in [2.05, 4.69) is 15.0 Å². The van der Waals surface area contributed by atoms with Crippen LogP contribution < -0.4 is 0 Å². The van der Waals surface area contributed by atoms with Crippen molar-refractivity contribution >= 4 is 28.7 Å². The summed E-state index contributed by atoms with van der Waals surface area (Å²) in [4.78, 5) is 44.0. The third kappa shape index (κ3) is 4.37. The number of hydrogen-bond donors (Lipinski definition) is 4. The lowest BCUT2D eigenvalue weighted by Gasteiger charge is -2.26. The van der Waals surface area contributed by atoms with Crippen molar-refractivity contribution in [2.24, 2.45) is 0 Å². The number of carbonyl (C=O) groups is 3. The molecule has 1 aromatic carbocycles. The van der Waals surface area contributed by atoms with E-state index in [1.54, 1.807) is 23.4 Å². The molecule has 10 heteroatoms. The predicted octanol–water partition coefficient (Wildman–Crippen LogP) is 2.25. The maximum absolute atomic E-state index is 13.9. The van der Waals surface area contributed by atoms with Crippen LogP contribution in [0.25, 0.3) is 10.9 Å². The number of aryl methyl sites for hydroxylation is 1. The van der Waals surface area contributed by atoms with E-state index in [0.29, 0.717) is 48.1 Å². The van der Waals surface area contributed by atoms with Crippen molar-refractivity contribution in [3.8, 4) is 0 Å². The van der Waals surface area contributed by atoms with Gasteiger partial charge < -0.3 is 25.1 Å². The van der Waals surface area contributed by atoms with Crippen molar-refractivity contribution < 1.29 is 29.0 Å². The summed E-state index contributed by atoms with van der Waals surface area (Å²) in [6.45, 7) is 3.01. The molecule has 9 nitrogen and oxygen atoms in total. The number of carboxylic acid groups (broad SMARTS) is 2. The summed E-state index contributed by atoms with van der Waals surface area (Å²) in [6, 6.07) is 4.82. The highest BCUT2D eigenvalue weighted by Gasteiger charge is 2.29. The van der Waals surface area contributed by atoms with Gasteiger partial charge >= 0.3 is 11.9 Å². The van der Waals surface area contributed by atoms with Crippen LogP contribution in [0.15, 0.2) is 36.7 Å². The third-order valence-electron chi connectivity index (χ3n) is 4.64. The Labute approximate surface area is 169 Å². The summed E-state index contributed by atoms with van der Waals surface area (Å²) in [5.41, 5.74) is 3.65. The molecule has 156 valence electrons. The molecule has 0 unspecified atom stereocenters. The number of carboxylic acids is 2. The fourth-order valence-electron chi connectivity index (χ4n) is 3.19. The molecule has 2 aromatic heterocycles. The Morgan fingerprint density at radius 3 is 2.57 bits per heavy atom. The standard InChI is InChI=1S/C16H15FN4O.C4H4O4/c1-9-13(19-8-18-9)7-21-6-5-12-14(16(21)22)10-3-2-4-11(17)15(10)20-12;5-3(6)1-2-4(7)8/h2-4,8,20H,5-7H2,1H3,(H,18,19);1-2H,(H,5,6)(H,7,8)/b;2-1-. The van der Waals surface area contributed by atoms with Crippen LogP contribution in [0.3, 0.4) is 0 Å². The minimum absolute atomic E-state index is 0.0690. The molecule has 0 fully saturated rings. The minimum Gasteiger partial charge on any atom is -0.478 e. The topological polar surface area (TPSA) is 139 Å². The van der Waals surface area contributed by atoms with Gasteiger partial charge in [-0.05, 0) is 13.0 Å². The summed E-state index contributed by atoms with van der Waals surface area (Å²) in [5.74, 6) is -2.91. The van der Waals surface area contributed by atoms with Gasteiger partial charge in [-0.3, -0.25) is 4.79 Å². The number of rotatable bonds is 4. The average molecular weight is 414 g/mol. The molecule has 0 bridgehead atoms.